The standard InChI is InChI=1S/C10H18O4/c1-2-3-6-13-7-8-4-5-9(14-8)10(11)12/h8-9H,2-7H2,1H3,(H,11,12). The summed E-state index contributed by atoms with van der Waals surface area (Å²) in [5, 5.41) is 8.67. The number of rotatable bonds is 6. The van der Waals surface area contributed by atoms with Crippen LogP contribution in [0.4, 0.5) is 0 Å². The minimum atomic E-state index is -0.860. The smallest absolute Gasteiger partial charge is 0.332 e. The fourth-order valence-corrected chi connectivity index (χ4v) is 1.47. The van der Waals surface area contributed by atoms with Gasteiger partial charge in [0, 0.05) is 6.61 Å². The number of carboxylic acid groups (broad SMARTS) is 1. The Morgan fingerprint density at radius 1 is 1.57 bits per heavy atom. The highest BCUT2D eigenvalue weighted by Gasteiger charge is 2.30. The maximum absolute atomic E-state index is 10.6. The van der Waals surface area contributed by atoms with Crippen LogP contribution in [0.25, 0.3) is 0 Å². The van der Waals surface area contributed by atoms with Crippen molar-refractivity contribution >= 4 is 5.97 Å². The minimum Gasteiger partial charge on any atom is -0.479 e. The topological polar surface area (TPSA) is 55.8 Å². The van der Waals surface area contributed by atoms with E-state index >= 15 is 0 Å². The Hall–Kier alpha value is -0.610. The summed E-state index contributed by atoms with van der Waals surface area (Å²) in [7, 11) is 0. The number of hydrogen-bond donors (Lipinski definition) is 1. The first-order valence-corrected chi connectivity index (χ1v) is 5.20. The molecule has 14 heavy (non-hydrogen) atoms. The fourth-order valence-electron chi connectivity index (χ4n) is 1.47. The van der Waals surface area contributed by atoms with Crippen molar-refractivity contribution in [3.8, 4) is 0 Å². The van der Waals surface area contributed by atoms with Crippen molar-refractivity contribution in [1.82, 2.24) is 0 Å². The Morgan fingerprint density at radius 2 is 2.36 bits per heavy atom. The van der Waals surface area contributed by atoms with Gasteiger partial charge in [-0.2, -0.15) is 0 Å². The molecule has 0 bridgehead atoms. The van der Waals surface area contributed by atoms with Crippen LogP contribution in [-0.2, 0) is 14.3 Å². The van der Waals surface area contributed by atoms with Crippen LogP contribution in [0.1, 0.15) is 32.6 Å². The van der Waals surface area contributed by atoms with Crippen molar-refractivity contribution in [3.05, 3.63) is 0 Å². The Kier molecular flexibility index (Phi) is 4.90. The zero-order valence-corrected chi connectivity index (χ0v) is 8.57. The second kappa shape index (κ2) is 5.98. The van der Waals surface area contributed by atoms with Crippen LogP contribution in [-0.4, -0.2) is 36.5 Å². The maximum atomic E-state index is 10.6. The van der Waals surface area contributed by atoms with Crippen LogP contribution < -0.4 is 0 Å². The van der Waals surface area contributed by atoms with E-state index in [1.165, 1.54) is 0 Å². The van der Waals surface area contributed by atoms with Crippen molar-refractivity contribution in [1.29, 1.82) is 0 Å². The predicted octanol–water partition coefficient (Wildman–Crippen LogP) is 1.44. The first kappa shape index (κ1) is 11.5. The number of hydrogen-bond acceptors (Lipinski definition) is 3. The molecule has 1 N–H and O–H groups in total. The summed E-state index contributed by atoms with van der Waals surface area (Å²) in [4.78, 5) is 10.6. The lowest BCUT2D eigenvalue weighted by Gasteiger charge is -2.11. The molecule has 82 valence electrons. The monoisotopic (exact) mass is 202 g/mol. The predicted molar refractivity (Wildman–Crippen MR) is 51.3 cm³/mol. The number of ether oxygens (including phenoxy) is 2. The van der Waals surface area contributed by atoms with Gasteiger partial charge in [-0.1, -0.05) is 13.3 Å². The summed E-state index contributed by atoms with van der Waals surface area (Å²) in [6, 6.07) is 0. The van der Waals surface area contributed by atoms with Crippen molar-refractivity contribution in [3.63, 3.8) is 0 Å². The molecule has 0 aromatic rings. The van der Waals surface area contributed by atoms with Crippen molar-refractivity contribution in [2.24, 2.45) is 0 Å². The van der Waals surface area contributed by atoms with Gasteiger partial charge in [-0.25, -0.2) is 4.79 Å². The fraction of sp³-hybridized carbons (Fsp3) is 0.900. The van der Waals surface area contributed by atoms with Crippen LogP contribution in [0.15, 0.2) is 0 Å². The van der Waals surface area contributed by atoms with Gasteiger partial charge in [0.05, 0.1) is 12.7 Å². The summed E-state index contributed by atoms with van der Waals surface area (Å²) >= 11 is 0. The summed E-state index contributed by atoms with van der Waals surface area (Å²) in [6.45, 7) is 3.38. The van der Waals surface area contributed by atoms with Crippen molar-refractivity contribution in [2.75, 3.05) is 13.2 Å². The summed E-state index contributed by atoms with van der Waals surface area (Å²) in [5.41, 5.74) is 0. The van der Waals surface area contributed by atoms with Crippen molar-refractivity contribution < 1.29 is 19.4 Å². The number of carboxylic acids is 1. The molecule has 1 aliphatic rings. The number of aliphatic carboxylic acids is 1. The van der Waals surface area contributed by atoms with Crippen LogP contribution in [0.5, 0.6) is 0 Å². The molecule has 4 nitrogen and oxygen atoms in total. The van der Waals surface area contributed by atoms with Crippen LogP contribution >= 0.6 is 0 Å². The molecule has 0 amide bonds. The zero-order chi connectivity index (χ0) is 10.4. The van der Waals surface area contributed by atoms with E-state index in [-0.39, 0.29) is 6.10 Å². The highest BCUT2D eigenvalue weighted by molar-refractivity contribution is 5.72. The van der Waals surface area contributed by atoms with E-state index in [1.807, 2.05) is 0 Å². The highest BCUT2D eigenvalue weighted by Crippen LogP contribution is 2.19. The van der Waals surface area contributed by atoms with Gasteiger partial charge in [0.25, 0.3) is 0 Å². The molecule has 0 saturated carbocycles. The first-order chi connectivity index (χ1) is 6.74. The third kappa shape index (κ3) is 3.64. The molecule has 2 unspecified atom stereocenters. The molecule has 0 spiro atoms. The second-order valence-electron chi connectivity index (χ2n) is 3.59. The summed E-state index contributed by atoms with van der Waals surface area (Å²) in [6.07, 6.45) is 2.93. The molecule has 1 heterocycles. The molecule has 0 aromatic heterocycles. The molecule has 1 saturated heterocycles. The largest absolute Gasteiger partial charge is 0.479 e. The third-order valence-corrected chi connectivity index (χ3v) is 2.33. The van der Waals surface area contributed by atoms with E-state index in [0.717, 1.165) is 25.9 Å². The number of carbonyl (C=O) groups is 1. The van der Waals surface area contributed by atoms with Crippen molar-refractivity contribution in [2.45, 2.75) is 44.8 Å². The van der Waals surface area contributed by atoms with Crippen LogP contribution in [0, 0.1) is 0 Å². The van der Waals surface area contributed by atoms with E-state index < -0.39 is 12.1 Å². The van der Waals surface area contributed by atoms with E-state index in [4.69, 9.17) is 14.6 Å². The van der Waals surface area contributed by atoms with E-state index in [9.17, 15) is 4.79 Å². The lowest BCUT2D eigenvalue weighted by Crippen LogP contribution is -2.22. The Balaban J connectivity index is 2.07. The first-order valence-electron chi connectivity index (χ1n) is 5.20. The quantitative estimate of drug-likeness (QED) is 0.662. The van der Waals surface area contributed by atoms with E-state index in [1.54, 1.807) is 0 Å². The van der Waals surface area contributed by atoms with Gasteiger partial charge in [0.2, 0.25) is 0 Å². The SMILES string of the molecule is CCCCOCC1CCC(C(=O)O)O1. The molecule has 1 rings (SSSR count). The number of unbranched alkanes of at least 4 members (excludes halogenated alkanes) is 1. The second-order valence-corrected chi connectivity index (χ2v) is 3.59. The summed E-state index contributed by atoms with van der Waals surface area (Å²) < 4.78 is 10.6. The average molecular weight is 202 g/mol. The molecule has 4 heteroatoms. The molecule has 0 radical (unpaired) electrons. The minimum absolute atomic E-state index is 0.0204. The Labute approximate surface area is 84.2 Å². The zero-order valence-electron chi connectivity index (χ0n) is 8.57. The lowest BCUT2D eigenvalue weighted by molar-refractivity contribution is -0.150. The molecule has 0 aromatic carbocycles. The Bertz CT molecular complexity index is 181. The molecule has 1 fully saturated rings. The molecule has 2 atom stereocenters. The van der Waals surface area contributed by atoms with Gasteiger partial charge < -0.3 is 14.6 Å². The highest BCUT2D eigenvalue weighted by atomic mass is 16.6. The van der Waals surface area contributed by atoms with Gasteiger partial charge in [-0.05, 0) is 19.3 Å². The normalized spacial score (nSPS) is 26.6. The van der Waals surface area contributed by atoms with Gasteiger partial charge in [0.15, 0.2) is 6.10 Å². The molecular formula is C10H18O4. The van der Waals surface area contributed by atoms with Gasteiger partial charge in [0.1, 0.15) is 0 Å². The summed E-state index contributed by atoms with van der Waals surface area (Å²) in [5.74, 6) is -0.860. The van der Waals surface area contributed by atoms with E-state index in [2.05, 4.69) is 6.92 Å². The van der Waals surface area contributed by atoms with Gasteiger partial charge in [-0.3, -0.25) is 0 Å². The third-order valence-electron chi connectivity index (χ3n) is 2.33. The van der Waals surface area contributed by atoms with Crippen LogP contribution in [0.3, 0.4) is 0 Å². The average Bonchev–Trinajstić information content (AvgIpc) is 2.61. The van der Waals surface area contributed by atoms with Gasteiger partial charge >= 0.3 is 5.97 Å². The molecular weight excluding hydrogens is 184 g/mol. The molecule has 0 aliphatic carbocycles. The molecule has 1 aliphatic heterocycles. The van der Waals surface area contributed by atoms with Gasteiger partial charge in [-0.15, -0.1) is 0 Å². The van der Waals surface area contributed by atoms with E-state index in [0.29, 0.717) is 13.0 Å². The maximum Gasteiger partial charge on any atom is 0.332 e. The Morgan fingerprint density at radius 3 is 2.93 bits per heavy atom. The van der Waals surface area contributed by atoms with Crippen LogP contribution in [0.2, 0.25) is 0 Å². The lowest BCUT2D eigenvalue weighted by atomic mass is 10.2.